The summed E-state index contributed by atoms with van der Waals surface area (Å²) in [6.07, 6.45) is 3.29. The Morgan fingerprint density at radius 1 is 1.15 bits per heavy atom. The lowest BCUT2D eigenvalue weighted by molar-refractivity contribution is -0.126. The minimum Gasteiger partial charge on any atom is -0.370 e. The van der Waals surface area contributed by atoms with E-state index in [2.05, 4.69) is 25.8 Å². The van der Waals surface area contributed by atoms with Crippen LogP contribution in [0.5, 0.6) is 0 Å². The van der Waals surface area contributed by atoms with E-state index in [1.807, 2.05) is 24.3 Å². The van der Waals surface area contributed by atoms with Crippen LogP contribution in [0.15, 0.2) is 24.3 Å². The van der Waals surface area contributed by atoms with E-state index in [1.165, 1.54) is 18.3 Å². The number of nitrogens with one attached hydrogen (secondary N) is 4. The number of rotatable bonds is 8. The summed E-state index contributed by atoms with van der Waals surface area (Å²) in [5.41, 5.74) is 8.31. The molecule has 6 N–H and O–H groups in total. The van der Waals surface area contributed by atoms with Gasteiger partial charge in [0.1, 0.15) is 0 Å². The number of benzene rings is 1. The predicted octanol–water partition coefficient (Wildman–Crippen LogP) is 2.99. The maximum Gasteiger partial charge on any atom is 0.223 e. The number of hydrogen-bond acceptors (Lipinski definition) is 6. The third-order valence-electron chi connectivity index (χ3n) is 5.52. The lowest BCUT2D eigenvalue weighted by atomic mass is 9.96. The molecular formula is C22H33Cl2N7O2S. The van der Waals surface area contributed by atoms with Crippen molar-refractivity contribution in [2.75, 3.05) is 30.8 Å². The zero-order chi connectivity index (χ0) is 23.1. The maximum absolute atomic E-state index is 11.9. The molecule has 34 heavy (non-hydrogen) atoms. The Morgan fingerprint density at radius 3 is 2.35 bits per heavy atom. The van der Waals surface area contributed by atoms with Gasteiger partial charge in [-0.15, -0.1) is 36.2 Å². The number of piperidine rings is 1. The fourth-order valence-electron chi connectivity index (χ4n) is 3.84. The zero-order valence-corrected chi connectivity index (χ0v) is 21.8. The molecule has 12 heteroatoms. The van der Waals surface area contributed by atoms with Gasteiger partial charge in [0.2, 0.25) is 11.8 Å². The lowest BCUT2D eigenvalue weighted by Gasteiger charge is -2.30. The molecule has 3 rings (SSSR count). The highest BCUT2D eigenvalue weighted by Gasteiger charge is 2.25. The van der Waals surface area contributed by atoms with Gasteiger partial charge in [0.25, 0.3) is 0 Å². The zero-order valence-electron chi connectivity index (χ0n) is 19.3. The first kappa shape index (κ1) is 29.6. The summed E-state index contributed by atoms with van der Waals surface area (Å²) in [5.74, 6) is -0.000273. The number of likely N-dealkylation sites (tertiary alicyclic amines) is 1. The van der Waals surface area contributed by atoms with Crippen LogP contribution in [0, 0.1) is 11.3 Å². The van der Waals surface area contributed by atoms with Crippen molar-refractivity contribution in [1.29, 1.82) is 5.41 Å². The van der Waals surface area contributed by atoms with E-state index in [0.717, 1.165) is 67.1 Å². The highest BCUT2D eigenvalue weighted by atomic mass is 35.5. The molecule has 0 saturated carbocycles. The summed E-state index contributed by atoms with van der Waals surface area (Å²) in [6.45, 7) is 4.00. The molecule has 2 heterocycles. The molecule has 0 unspecified atom stereocenters. The van der Waals surface area contributed by atoms with E-state index in [4.69, 9.17) is 11.1 Å². The molecule has 1 fully saturated rings. The van der Waals surface area contributed by atoms with Crippen LogP contribution in [-0.4, -0.2) is 47.8 Å². The SMILES string of the molecule is CNC(=O)C1CCN(Cc2sc(NC(C)=O)nc2CCc2ccc(NC(=N)N)cc2)CC1.Cl.Cl. The summed E-state index contributed by atoms with van der Waals surface area (Å²) in [7, 11) is 1.69. The summed E-state index contributed by atoms with van der Waals surface area (Å²) >= 11 is 1.53. The molecule has 1 aliphatic rings. The number of amides is 2. The first-order valence-corrected chi connectivity index (χ1v) is 11.6. The molecule has 0 spiro atoms. The Labute approximate surface area is 216 Å². The summed E-state index contributed by atoms with van der Waals surface area (Å²) in [5, 5.41) is 16.3. The van der Waals surface area contributed by atoms with Crippen molar-refractivity contribution >= 4 is 64.7 Å². The largest absolute Gasteiger partial charge is 0.370 e. The maximum atomic E-state index is 11.9. The van der Waals surface area contributed by atoms with E-state index in [9.17, 15) is 9.59 Å². The van der Waals surface area contributed by atoms with Crippen molar-refractivity contribution in [2.24, 2.45) is 11.7 Å². The number of carbonyl (C=O) groups is 2. The third kappa shape index (κ3) is 8.75. The van der Waals surface area contributed by atoms with Crippen molar-refractivity contribution in [1.82, 2.24) is 15.2 Å². The Balaban J connectivity index is 0.00000289. The molecule has 1 aliphatic heterocycles. The molecule has 2 aromatic rings. The van der Waals surface area contributed by atoms with Crippen LogP contribution in [0.2, 0.25) is 0 Å². The average Bonchev–Trinajstić information content (AvgIpc) is 3.13. The van der Waals surface area contributed by atoms with E-state index in [0.29, 0.717) is 5.13 Å². The normalized spacial score (nSPS) is 13.8. The van der Waals surface area contributed by atoms with Gasteiger partial charge in [0, 0.05) is 37.0 Å². The van der Waals surface area contributed by atoms with Gasteiger partial charge in [-0.2, -0.15) is 0 Å². The number of aryl methyl sites for hydroxylation is 2. The molecule has 1 aromatic heterocycles. The number of carbonyl (C=O) groups excluding carboxylic acids is 2. The summed E-state index contributed by atoms with van der Waals surface area (Å²) in [6, 6.07) is 7.82. The number of anilines is 2. The summed E-state index contributed by atoms with van der Waals surface area (Å²) < 4.78 is 0. The molecular weight excluding hydrogens is 497 g/mol. The van der Waals surface area contributed by atoms with Gasteiger partial charge in [0.05, 0.1) is 5.69 Å². The summed E-state index contributed by atoms with van der Waals surface area (Å²) in [4.78, 5) is 31.6. The van der Waals surface area contributed by atoms with E-state index >= 15 is 0 Å². The van der Waals surface area contributed by atoms with Crippen molar-refractivity contribution in [2.45, 2.75) is 39.2 Å². The minimum absolute atomic E-state index is 0. The van der Waals surface area contributed by atoms with Gasteiger partial charge in [-0.3, -0.25) is 19.9 Å². The minimum atomic E-state index is -0.128. The molecule has 1 saturated heterocycles. The number of thiazole rings is 1. The third-order valence-corrected chi connectivity index (χ3v) is 6.51. The first-order chi connectivity index (χ1) is 15.3. The van der Waals surface area contributed by atoms with Crippen LogP contribution in [0.3, 0.4) is 0 Å². The van der Waals surface area contributed by atoms with Crippen LogP contribution in [0.1, 0.15) is 35.9 Å². The number of halogens is 2. The molecule has 188 valence electrons. The van der Waals surface area contributed by atoms with E-state index in [-0.39, 0.29) is 48.5 Å². The number of nitrogens with zero attached hydrogens (tertiary/aromatic N) is 2. The van der Waals surface area contributed by atoms with Crippen molar-refractivity contribution in [3.63, 3.8) is 0 Å². The van der Waals surface area contributed by atoms with Crippen LogP contribution >= 0.6 is 36.2 Å². The molecule has 1 aromatic carbocycles. The molecule has 0 bridgehead atoms. The smallest absolute Gasteiger partial charge is 0.223 e. The standard InChI is InChI=1S/C22H31N7O2S.2ClH/c1-14(30)26-22-28-18(8-5-15-3-6-17(7-4-15)27-21(23)24)19(32-22)13-29-11-9-16(10-12-29)20(31)25-2;;/h3-4,6-7,16H,5,8-13H2,1-2H3,(H,25,31)(H4,23,24,27)(H,26,28,30);2*1H. The van der Waals surface area contributed by atoms with Gasteiger partial charge in [-0.05, 0) is 56.5 Å². The lowest BCUT2D eigenvalue weighted by Crippen LogP contribution is -2.39. The van der Waals surface area contributed by atoms with Gasteiger partial charge in [-0.1, -0.05) is 12.1 Å². The second-order valence-corrected chi connectivity index (χ2v) is 9.05. The highest BCUT2D eigenvalue weighted by Crippen LogP contribution is 2.28. The Bertz CT molecular complexity index is 961. The fraction of sp³-hybridized carbons (Fsp3) is 0.455. The molecule has 0 atom stereocenters. The highest BCUT2D eigenvalue weighted by molar-refractivity contribution is 7.15. The van der Waals surface area contributed by atoms with E-state index in [1.54, 1.807) is 7.05 Å². The molecule has 0 aliphatic carbocycles. The number of aromatic nitrogens is 1. The fourth-order valence-corrected chi connectivity index (χ4v) is 4.94. The van der Waals surface area contributed by atoms with Gasteiger partial charge < -0.3 is 21.7 Å². The van der Waals surface area contributed by atoms with Crippen LogP contribution in [-0.2, 0) is 29.0 Å². The number of nitrogens with two attached hydrogens (primary N) is 1. The van der Waals surface area contributed by atoms with Gasteiger partial charge in [-0.25, -0.2) is 4.98 Å². The number of hydrogen-bond donors (Lipinski definition) is 5. The van der Waals surface area contributed by atoms with Crippen LogP contribution in [0.25, 0.3) is 0 Å². The van der Waals surface area contributed by atoms with Crippen molar-refractivity contribution in [3.8, 4) is 0 Å². The van der Waals surface area contributed by atoms with Crippen molar-refractivity contribution < 1.29 is 9.59 Å². The monoisotopic (exact) mass is 529 g/mol. The van der Waals surface area contributed by atoms with Gasteiger partial charge >= 0.3 is 0 Å². The van der Waals surface area contributed by atoms with Crippen LogP contribution < -0.4 is 21.7 Å². The van der Waals surface area contributed by atoms with E-state index < -0.39 is 0 Å². The Morgan fingerprint density at radius 2 is 1.79 bits per heavy atom. The molecule has 9 nitrogen and oxygen atoms in total. The quantitative estimate of drug-likeness (QED) is 0.263. The van der Waals surface area contributed by atoms with Gasteiger partial charge in [0.15, 0.2) is 11.1 Å². The first-order valence-electron chi connectivity index (χ1n) is 10.7. The molecule has 2 amide bonds. The van der Waals surface area contributed by atoms with Crippen LogP contribution in [0.4, 0.5) is 10.8 Å². The average molecular weight is 531 g/mol. The predicted molar refractivity (Wildman–Crippen MR) is 142 cm³/mol. The molecule has 0 radical (unpaired) electrons. The second-order valence-electron chi connectivity index (χ2n) is 7.97. The number of guanidine groups is 1. The Kier molecular flexibility index (Phi) is 12.3. The Hall–Kier alpha value is -2.40. The second kappa shape index (κ2) is 14.1. The topological polar surface area (TPSA) is 136 Å². The van der Waals surface area contributed by atoms with Crippen molar-refractivity contribution in [3.05, 3.63) is 40.4 Å².